The number of likely N-dealkylation sites (tertiary alicyclic amines) is 1. The average Bonchev–Trinajstić information content (AvgIpc) is 2.79. The van der Waals surface area contributed by atoms with E-state index in [0.29, 0.717) is 6.61 Å². The van der Waals surface area contributed by atoms with Crippen molar-refractivity contribution in [3.05, 3.63) is 52.8 Å². The summed E-state index contributed by atoms with van der Waals surface area (Å²) < 4.78 is 7.99. The molecule has 4 rings (SSSR count). The van der Waals surface area contributed by atoms with Crippen LogP contribution in [0.4, 0.5) is 0 Å². The van der Waals surface area contributed by atoms with E-state index in [1.807, 2.05) is 44.0 Å². The van der Waals surface area contributed by atoms with Crippen molar-refractivity contribution < 1.29 is 9.53 Å². The first-order valence-corrected chi connectivity index (χ1v) is 8.12. The number of para-hydroxylation sites is 1. The van der Waals surface area contributed by atoms with Crippen molar-refractivity contribution in [2.75, 3.05) is 19.7 Å². The lowest BCUT2D eigenvalue weighted by Gasteiger charge is -2.51. The topological polar surface area (TPSA) is 34.5 Å². The zero-order valence-electron chi connectivity index (χ0n) is 13.9. The highest BCUT2D eigenvalue weighted by atomic mass is 16.5. The summed E-state index contributed by atoms with van der Waals surface area (Å²) in [6.45, 7) is 6.32. The fraction of sp³-hybridized carbons (Fsp3) is 0.421. The fourth-order valence-electron chi connectivity index (χ4n) is 3.83. The molecular formula is C19H22N2O2. The van der Waals surface area contributed by atoms with Gasteiger partial charge in [-0.2, -0.15) is 0 Å². The van der Waals surface area contributed by atoms with Crippen molar-refractivity contribution in [3.8, 4) is 5.75 Å². The van der Waals surface area contributed by atoms with Gasteiger partial charge in [0.1, 0.15) is 5.75 Å². The minimum atomic E-state index is 0.0990. The Kier molecular flexibility index (Phi) is 3.05. The van der Waals surface area contributed by atoms with Crippen LogP contribution in [0.25, 0.3) is 0 Å². The van der Waals surface area contributed by atoms with Gasteiger partial charge in [-0.3, -0.25) is 4.79 Å². The van der Waals surface area contributed by atoms with Gasteiger partial charge in [0.15, 0.2) is 0 Å². The van der Waals surface area contributed by atoms with Crippen LogP contribution in [-0.2, 0) is 13.5 Å². The van der Waals surface area contributed by atoms with Gasteiger partial charge in [-0.1, -0.05) is 18.2 Å². The van der Waals surface area contributed by atoms with Crippen molar-refractivity contribution in [3.63, 3.8) is 0 Å². The predicted octanol–water partition coefficient (Wildman–Crippen LogP) is 2.72. The third-order valence-corrected chi connectivity index (χ3v) is 5.42. The van der Waals surface area contributed by atoms with Crippen LogP contribution in [0, 0.1) is 19.3 Å². The van der Waals surface area contributed by atoms with E-state index in [9.17, 15) is 4.79 Å². The Morgan fingerprint density at radius 2 is 1.96 bits per heavy atom. The van der Waals surface area contributed by atoms with Crippen molar-refractivity contribution >= 4 is 5.91 Å². The molecule has 1 amide bonds. The second-order valence-corrected chi connectivity index (χ2v) is 7.08. The van der Waals surface area contributed by atoms with Crippen LogP contribution in [-0.4, -0.2) is 35.1 Å². The number of aromatic nitrogens is 1. The molecule has 0 aliphatic carbocycles. The summed E-state index contributed by atoms with van der Waals surface area (Å²) in [5, 5.41) is 0. The maximum atomic E-state index is 12.8. The number of carbonyl (C=O) groups excluding carboxylic acids is 1. The minimum Gasteiger partial charge on any atom is -0.493 e. The second kappa shape index (κ2) is 4.88. The molecule has 0 radical (unpaired) electrons. The number of carbonyl (C=O) groups is 1. The van der Waals surface area contributed by atoms with Gasteiger partial charge in [-0.15, -0.1) is 0 Å². The maximum absolute atomic E-state index is 12.8. The van der Waals surface area contributed by atoms with Gasteiger partial charge >= 0.3 is 0 Å². The Hall–Kier alpha value is -2.23. The summed E-state index contributed by atoms with van der Waals surface area (Å²) in [5.41, 5.74) is 4.35. The van der Waals surface area contributed by atoms with Crippen molar-refractivity contribution in [2.45, 2.75) is 20.3 Å². The fourth-order valence-corrected chi connectivity index (χ4v) is 3.83. The molecule has 2 aliphatic heterocycles. The number of fused-ring (bicyclic) bond motifs is 1. The molecule has 3 heterocycles. The highest BCUT2D eigenvalue weighted by molar-refractivity contribution is 5.96. The summed E-state index contributed by atoms with van der Waals surface area (Å²) in [6, 6.07) is 10.2. The Labute approximate surface area is 136 Å². The summed E-state index contributed by atoms with van der Waals surface area (Å²) in [4.78, 5) is 14.7. The number of hydrogen-bond acceptors (Lipinski definition) is 2. The molecule has 1 saturated heterocycles. The molecule has 1 fully saturated rings. The summed E-state index contributed by atoms with van der Waals surface area (Å²) in [5.74, 6) is 1.15. The highest BCUT2D eigenvalue weighted by Crippen LogP contribution is 2.41. The molecule has 2 aromatic rings. The zero-order chi connectivity index (χ0) is 16.2. The van der Waals surface area contributed by atoms with E-state index in [-0.39, 0.29) is 11.3 Å². The number of amides is 1. The van der Waals surface area contributed by atoms with Crippen LogP contribution in [0.15, 0.2) is 30.3 Å². The number of benzene rings is 1. The van der Waals surface area contributed by atoms with Crippen LogP contribution < -0.4 is 4.74 Å². The number of aryl methyl sites for hydroxylation is 1. The van der Waals surface area contributed by atoms with Crippen LogP contribution in [0.3, 0.4) is 0 Å². The third-order valence-electron chi connectivity index (χ3n) is 5.42. The molecule has 120 valence electrons. The lowest BCUT2D eigenvalue weighted by atomic mass is 9.73. The molecule has 4 heteroatoms. The van der Waals surface area contributed by atoms with Gasteiger partial charge in [0.2, 0.25) is 0 Å². The van der Waals surface area contributed by atoms with Gasteiger partial charge in [0, 0.05) is 36.9 Å². The van der Waals surface area contributed by atoms with E-state index in [1.165, 1.54) is 5.56 Å². The van der Waals surface area contributed by atoms with E-state index in [1.54, 1.807) is 0 Å². The quantitative estimate of drug-likeness (QED) is 0.812. The van der Waals surface area contributed by atoms with E-state index < -0.39 is 0 Å². The first kappa shape index (κ1) is 14.4. The molecule has 23 heavy (non-hydrogen) atoms. The minimum absolute atomic E-state index is 0.0990. The SMILES string of the molecule is Cc1cc(C(=O)N2CC3(COc4ccccc4C3)C2)c(C)n1C. The first-order chi connectivity index (χ1) is 11.0. The number of rotatable bonds is 1. The largest absolute Gasteiger partial charge is 0.493 e. The van der Waals surface area contributed by atoms with Gasteiger partial charge in [-0.25, -0.2) is 0 Å². The van der Waals surface area contributed by atoms with Crippen LogP contribution in [0.1, 0.15) is 27.3 Å². The van der Waals surface area contributed by atoms with Crippen molar-refractivity contribution in [1.29, 1.82) is 0 Å². The molecule has 4 nitrogen and oxygen atoms in total. The molecular weight excluding hydrogens is 288 g/mol. The Bertz CT molecular complexity index is 785. The summed E-state index contributed by atoms with van der Waals surface area (Å²) >= 11 is 0. The molecule has 1 aromatic heterocycles. The molecule has 0 bridgehead atoms. The lowest BCUT2D eigenvalue weighted by Crippen LogP contribution is -2.62. The number of nitrogens with zero attached hydrogens (tertiary/aromatic N) is 2. The second-order valence-electron chi connectivity index (χ2n) is 7.08. The van der Waals surface area contributed by atoms with Gasteiger partial charge < -0.3 is 14.2 Å². The smallest absolute Gasteiger partial charge is 0.255 e. The lowest BCUT2D eigenvalue weighted by molar-refractivity contribution is -0.0291. The van der Waals surface area contributed by atoms with Crippen LogP contribution in [0.2, 0.25) is 0 Å². The van der Waals surface area contributed by atoms with Crippen molar-refractivity contribution in [2.24, 2.45) is 12.5 Å². The van der Waals surface area contributed by atoms with Gasteiger partial charge in [-0.05, 0) is 38.0 Å². The van der Waals surface area contributed by atoms with Crippen molar-refractivity contribution in [1.82, 2.24) is 9.47 Å². The Balaban J connectivity index is 1.49. The summed E-state index contributed by atoms with van der Waals surface area (Å²) in [7, 11) is 2.00. The first-order valence-electron chi connectivity index (χ1n) is 8.12. The number of ether oxygens (including phenoxy) is 1. The Morgan fingerprint density at radius 1 is 1.22 bits per heavy atom. The zero-order valence-corrected chi connectivity index (χ0v) is 13.9. The Morgan fingerprint density at radius 3 is 2.65 bits per heavy atom. The molecule has 0 saturated carbocycles. The molecule has 1 spiro atoms. The third kappa shape index (κ3) is 2.16. The van der Waals surface area contributed by atoms with E-state index in [4.69, 9.17) is 4.74 Å². The van der Waals surface area contributed by atoms with E-state index in [2.05, 4.69) is 16.7 Å². The van der Waals surface area contributed by atoms with Gasteiger partial charge in [0.05, 0.1) is 12.2 Å². The predicted molar refractivity (Wildman–Crippen MR) is 88.9 cm³/mol. The average molecular weight is 310 g/mol. The van der Waals surface area contributed by atoms with E-state index >= 15 is 0 Å². The molecule has 2 aliphatic rings. The maximum Gasteiger partial charge on any atom is 0.255 e. The molecule has 1 aromatic carbocycles. The van der Waals surface area contributed by atoms with Crippen LogP contribution in [0.5, 0.6) is 5.75 Å². The van der Waals surface area contributed by atoms with Gasteiger partial charge in [0.25, 0.3) is 5.91 Å². The van der Waals surface area contributed by atoms with E-state index in [0.717, 1.165) is 42.2 Å². The molecule has 0 unspecified atom stereocenters. The monoisotopic (exact) mass is 310 g/mol. The number of hydrogen-bond donors (Lipinski definition) is 0. The highest BCUT2D eigenvalue weighted by Gasteiger charge is 2.48. The van der Waals surface area contributed by atoms with Crippen LogP contribution >= 0.6 is 0 Å². The molecule has 0 atom stereocenters. The summed E-state index contributed by atoms with van der Waals surface area (Å²) in [6.07, 6.45) is 1.000. The standard InChI is InChI=1S/C19H22N2O2/c1-13-8-16(14(2)20(13)3)18(22)21-10-19(11-21)9-15-6-4-5-7-17(15)23-12-19/h4-8H,9-12H2,1-3H3. The molecule has 0 N–H and O–H groups in total. The normalized spacial score (nSPS) is 18.3.